The lowest BCUT2D eigenvalue weighted by Crippen LogP contribution is -1.96. The summed E-state index contributed by atoms with van der Waals surface area (Å²) in [6.45, 7) is 0. The van der Waals surface area contributed by atoms with Crippen LogP contribution in [-0.4, -0.2) is 19.9 Å². The highest BCUT2D eigenvalue weighted by Crippen LogP contribution is 2.35. The van der Waals surface area contributed by atoms with Gasteiger partial charge in [0.15, 0.2) is 5.82 Å². The average Bonchev–Trinajstić information content (AvgIpc) is 3.26. The molecule has 0 aliphatic heterocycles. The van der Waals surface area contributed by atoms with Crippen LogP contribution in [0.25, 0.3) is 99.9 Å². The molecule has 0 aliphatic rings. The number of nitrogens with zero attached hydrogens (tertiary/aromatic N) is 4. The molecule has 0 N–H and O–H groups in total. The predicted molar refractivity (Wildman–Crippen MR) is 223 cm³/mol. The maximum Gasteiger partial charge on any atom is 0.160 e. The summed E-state index contributed by atoms with van der Waals surface area (Å²) in [6.07, 6.45) is 3.70. The summed E-state index contributed by atoms with van der Waals surface area (Å²) in [4.78, 5) is 19.7. The van der Waals surface area contributed by atoms with Crippen LogP contribution in [0.3, 0.4) is 0 Å². The Hall–Kier alpha value is -7.30. The lowest BCUT2D eigenvalue weighted by atomic mass is 9.97. The van der Waals surface area contributed by atoms with Crippen LogP contribution >= 0.6 is 0 Å². The first-order chi connectivity index (χ1) is 26.7. The average molecular weight is 689 g/mol. The maximum atomic E-state index is 5.17. The molecule has 0 atom stereocenters. The second kappa shape index (κ2) is 13.4. The fraction of sp³-hybridized carbons (Fsp3) is 0. The van der Waals surface area contributed by atoms with E-state index in [1.165, 1.54) is 16.3 Å². The fourth-order valence-electron chi connectivity index (χ4n) is 7.46. The van der Waals surface area contributed by atoms with Crippen molar-refractivity contribution in [2.24, 2.45) is 0 Å². The zero-order valence-electron chi connectivity index (χ0n) is 29.3. The Morgan fingerprint density at radius 2 is 0.704 bits per heavy atom. The Balaban J connectivity index is 1.06. The largest absolute Gasteiger partial charge is 0.256 e. The minimum Gasteiger partial charge on any atom is -0.256 e. The van der Waals surface area contributed by atoms with Crippen LogP contribution in [0.1, 0.15) is 0 Å². The van der Waals surface area contributed by atoms with E-state index in [4.69, 9.17) is 9.97 Å². The molecule has 10 aromatic rings. The third kappa shape index (κ3) is 5.76. The van der Waals surface area contributed by atoms with E-state index in [0.717, 1.165) is 77.7 Å². The monoisotopic (exact) mass is 688 g/mol. The number of benzene rings is 7. The van der Waals surface area contributed by atoms with Gasteiger partial charge in [0.05, 0.1) is 22.4 Å². The molecule has 0 saturated heterocycles. The molecule has 0 aliphatic carbocycles. The molecule has 0 radical (unpaired) electrons. The normalized spacial score (nSPS) is 11.3. The highest BCUT2D eigenvalue weighted by atomic mass is 14.9. The van der Waals surface area contributed by atoms with Crippen LogP contribution < -0.4 is 0 Å². The Kier molecular flexibility index (Phi) is 7.77. The highest BCUT2D eigenvalue weighted by Gasteiger charge is 2.14. The van der Waals surface area contributed by atoms with Gasteiger partial charge in [-0.05, 0) is 51.2 Å². The van der Waals surface area contributed by atoms with Crippen molar-refractivity contribution in [1.29, 1.82) is 0 Å². The zero-order valence-corrected chi connectivity index (χ0v) is 29.3. The molecular formula is C50H32N4. The van der Waals surface area contributed by atoms with E-state index in [2.05, 4.69) is 180 Å². The quantitative estimate of drug-likeness (QED) is 0.174. The highest BCUT2D eigenvalue weighted by molar-refractivity contribution is 5.97. The summed E-state index contributed by atoms with van der Waals surface area (Å²) in [5.41, 5.74) is 13.5. The Morgan fingerprint density at radius 1 is 0.296 bits per heavy atom. The van der Waals surface area contributed by atoms with Crippen LogP contribution in [0.5, 0.6) is 0 Å². The summed E-state index contributed by atoms with van der Waals surface area (Å²) in [6, 6.07) is 63.7. The molecule has 0 saturated carbocycles. The molecule has 3 aromatic heterocycles. The molecule has 252 valence electrons. The fourth-order valence-corrected chi connectivity index (χ4v) is 7.46. The molecule has 0 bridgehead atoms. The Labute approximate surface area is 313 Å². The van der Waals surface area contributed by atoms with E-state index < -0.39 is 0 Å². The Morgan fingerprint density at radius 3 is 1.26 bits per heavy atom. The van der Waals surface area contributed by atoms with Crippen LogP contribution in [0, 0.1) is 0 Å². The minimum atomic E-state index is 0.677. The molecule has 4 nitrogen and oxygen atoms in total. The van der Waals surface area contributed by atoms with Crippen LogP contribution in [0.2, 0.25) is 0 Å². The second-order valence-corrected chi connectivity index (χ2v) is 13.5. The maximum absolute atomic E-state index is 5.17. The number of rotatable bonds is 6. The topological polar surface area (TPSA) is 51.6 Å². The van der Waals surface area contributed by atoms with Crippen LogP contribution in [0.4, 0.5) is 0 Å². The summed E-state index contributed by atoms with van der Waals surface area (Å²) in [5, 5.41) is 4.71. The van der Waals surface area contributed by atoms with Gasteiger partial charge in [-0.2, -0.15) is 0 Å². The van der Waals surface area contributed by atoms with Gasteiger partial charge < -0.3 is 0 Å². The van der Waals surface area contributed by atoms with Gasteiger partial charge in [0.2, 0.25) is 0 Å². The van der Waals surface area contributed by atoms with Crippen molar-refractivity contribution >= 4 is 32.6 Å². The van der Waals surface area contributed by atoms with Crippen molar-refractivity contribution < 1.29 is 0 Å². The lowest BCUT2D eigenvalue weighted by Gasteiger charge is -2.12. The number of hydrogen-bond acceptors (Lipinski definition) is 4. The zero-order chi connectivity index (χ0) is 35.8. The molecule has 54 heavy (non-hydrogen) atoms. The number of hydrogen-bond donors (Lipinski definition) is 0. The molecule has 0 amide bonds. The van der Waals surface area contributed by atoms with E-state index in [-0.39, 0.29) is 0 Å². The standard InChI is InChI=1S/C50H32N4/c1-2-14-42-33(8-1)9-3-15-43(42)34-22-28-41(29-23-34)50-53-46(37-24-18-35(19-25-37)44-16-4-10-39-12-6-30-51-48(39)44)32-47(54-50)38-26-20-36(21-27-38)45-17-5-11-40-13-7-31-52-49(40)45/h1-32H. The number of aromatic nitrogens is 4. The van der Waals surface area contributed by atoms with E-state index in [1.807, 2.05) is 24.5 Å². The van der Waals surface area contributed by atoms with Crippen molar-refractivity contribution in [3.05, 3.63) is 194 Å². The smallest absolute Gasteiger partial charge is 0.160 e. The van der Waals surface area contributed by atoms with Gasteiger partial charge in [-0.15, -0.1) is 0 Å². The second-order valence-electron chi connectivity index (χ2n) is 13.5. The van der Waals surface area contributed by atoms with E-state index in [1.54, 1.807) is 0 Å². The first-order valence-corrected chi connectivity index (χ1v) is 18.1. The molecule has 4 heteroatoms. The van der Waals surface area contributed by atoms with Gasteiger partial charge in [0, 0.05) is 51.0 Å². The minimum absolute atomic E-state index is 0.677. The molecule has 0 fully saturated rings. The lowest BCUT2D eigenvalue weighted by molar-refractivity contribution is 1.18. The third-order valence-corrected chi connectivity index (χ3v) is 10.2. The number of fused-ring (bicyclic) bond motifs is 3. The predicted octanol–water partition coefficient (Wildman–Crippen LogP) is 12.7. The van der Waals surface area contributed by atoms with Gasteiger partial charge in [-0.25, -0.2) is 9.97 Å². The van der Waals surface area contributed by atoms with Crippen molar-refractivity contribution in [2.45, 2.75) is 0 Å². The molecule has 0 spiro atoms. The van der Waals surface area contributed by atoms with Crippen molar-refractivity contribution in [3.63, 3.8) is 0 Å². The van der Waals surface area contributed by atoms with Gasteiger partial charge in [0.25, 0.3) is 0 Å². The van der Waals surface area contributed by atoms with Gasteiger partial charge in [-0.3, -0.25) is 9.97 Å². The summed E-state index contributed by atoms with van der Waals surface area (Å²) < 4.78 is 0. The van der Waals surface area contributed by atoms with Crippen molar-refractivity contribution in [3.8, 4) is 67.3 Å². The first-order valence-electron chi connectivity index (χ1n) is 18.1. The molecule has 7 aromatic carbocycles. The van der Waals surface area contributed by atoms with E-state index >= 15 is 0 Å². The number of pyridine rings is 2. The molecular weight excluding hydrogens is 657 g/mol. The van der Waals surface area contributed by atoms with Gasteiger partial charge >= 0.3 is 0 Å². The van der Waals surface area contributed by atoms with Gasteiger partial charge in [0.1, 0.15) is 0 Å². The number of para-hydroxylation sites is 2. The first kappa shape index (κ1) is 31.4. The molecule has 0 unspecified atom stereocenters. The molecule has 10 rings (SSSR count). The Bertz CT molecular complexity index is 2620. The summed E-state index contributed by atoms with van der Waals surface area (Å²) in [7, 11) is 0. The van der Waals surface area contributed by atoms with Crippen LogP contribution in [-0.2, 0) is 0 Å². The van der Waals surface area contributed by atoms with Crippen molar-refractivity contribution in [2.75, 3.05) is 0 Å². The van der Waals surface area contributed by atoms with E-state index in [9.17, 15) is 0 Å². The SMILES string of the molecule is c1ccc2c(-c3ccc(-c4nc(-c5ccc(-c6cccc7cccnc67)cc5)cc(-c5ccc(-c6cccc7cccnc67)cc5)n4)cc3)cccc2c1. The van der Waals surface area contributed by atoms with Gasteiger partial charge in [-0.1, -0.05) is 164 Å². The summed E-state index contributed by atoms with van der Waals surface area (Å²) >= 11 is 0. The third-order valence-electron chi connectivity index (χ3n) is 10.2. The molecule has 3 heterocycles. The summed E-state index contributed by atoms with van der Waals surface area (Å²) in [5.74, 6) is 0.677. The van der Waals surface area contributed by atoms with Crippen LogP contribution in [0.15, 0.2) is 194 Å². The van der Waals surface area contributed by atoms with Crippen molar-refractivity contribution in [1.82, 2.24) is 19.9 Å². The van der Waals surface area contributed by atoms with E-state index in [0.29, 0.717) is 5.82 Å².